The fourth-order valence-corrected chi connectivity index (χ4v) is 3.94. The lowest BCUT2D eigenvalue weighted by atomic mass is 9.84. The molecule has 0 saturated heterocycles. The maximum absolute atomic E-state index is 13.0. The van der Waals surface area contributed by atoms with Crippen LogP contribution < -0.4 is 4.74 Å². The van der Waals surface area contributed by atoms with Crippen molar-refractivity contribution in [3.05, 3.63) is 65.2 Å². The minimum Gasteiger partial charge on any atom is -0.497 e. The Morgan fingerprint density at radius 1 is 1.12 bits per heavy atom. The van der Waals surface area contributed by atoms with Gasteiger partial charge in [0.2, 0.25) is 5.91 Å². The van der Waals surface area contributed by atoms with Crippen molar-refractivity contribution in [2.45, 2.75) is 37.3 Å². The minimum atomic E-state index is -0.904. The van der Waals surface area contributed by atoms with Gasteiger partial charge in [0.1, 0.15) is 11.7 Å². The van der Waals surface area contributed by atoms with Gasteiger partial charge in [0.15, 0.2) is 0 Å². The number of ether oxygens (including phenoxy) is 1. The molecule has 1 N–H and O–H groups in total. The standard InChI is InChI=1S/C21H21NO4/c1-26-16-10-6-13(7-11-16)20-19(21(24)25)17-5-3-2-4-14(17)12-18(23)22(20)15-8-9-15/h2-7,10-11,15,19-20H,8-9,12H2,1H3,(H,24,25). The molecule has 5 heteroatoms. The molecular weight excluding hydrogens is 330 g/mol. The van der Waals surface area contributed by atoms with E-state index in [2.05, 4.69) is 0 Å². The molecule has 2 aromatic carbocycles. The van der Waals surface area contributed by atoms with E-state index in [0.29, 0.717) is 5.75 Å². The highest BCUT2D eigenvalue weighted by atomic mass is 16.5. The van der Waals surface area contributed by atoms with Crippen molar-refractivity contribution < 1.29 is 19.4 Å². The maximum Gasteiger partial charge on any atom is 0.313 e. The van der Waals surface area contributed by atoms with Crippen LogP contribution in [0.4, 0.5) is 0 Å². The van der Waals surface area contributed by atoms with Crippen molar-refractivity contribution in [1.82, 2.24) is 4.90 Å². The molecule has 134 valence electrons. The number of carboxylic acids is 1. The third kappa shape index (κ3) is 2.83. The predicted molar refractivity (Wildman–Crippen MR) is 96.1 cm³/mol. The van der Waals surface area contributed by atoms with Crippen LogP contribution in [0.1, 0.15) is 41.5 Å². The fourth-order valence-electron chi connectivity index (χ4n) is 3.94. The van der Waals surface area contributed by atoms with E-state index in [9.17, 15) is 14.7 Å². The number of nitrogens with zero attached hydrogens (tertiary/aromatic N) is 1. The second kappa shape index (κ2) is 6.48. The number of aliphatic carboxylic acids is 1. The summed E-state index contributed by atoms with van der Waals surface area (Å²) >= 11 is 0. The van der Waals surface area contributed by atoms with Crippen molar-refractivity contribution in [2.75, 3.05) is 7.11 Å². The molecule has 4 rings (SSSR count). The summed E-state index contributed by atoms with van der Waals surface area (Å²) in [5.41, 5.74) is 2.37. The van der Waals surface area contributed by atoms with Gasteiger partial charge < -0.3 is 14.7 Å². The molecule has 1 saturated carbocycles. The second-order valence-electron chi connectivity index (χ2n) is 6.94. The Morgan fingerprint density at radius 3 is 2.42 bits per heavy atom. The van der Waals surface area contributed by atoms with Crippen molar-refractivity contribution in [3.8, 4) is 5.75 Å². The highest BCUT2D eigenvalue weighted by molar-refractivity contribution is 5.86. The van der Waals surface area contributed by atoms with Crippen molar-refractivity contribution >= 4 is 11.9 Å². The minimum absolute atomic E-state index is 0.00418. The predicted octanol–water partition coefficient (Wildman–Crippen LogP) is 3.15. The van der Waals surface area contributed by atoms with Gasteiger partial charge in [-0.3, -0.25) is 9.59 Å². The molecule has 0 spiro atoms. The first-order valence-corrected chi connectivity index (χ1v) is 8.86. The number of carboxylic acid groups (broad SMARTS) is 1. The number of carbonyl (C=O) groups is 2. The molecule has 0 radical (unpaired) electrons. The van der Waals surface area contributed by atoms with Crippen LogP contribution in [0, 0.1) is 0 Å². The second-order valence-corrected chi connectivity index (χ2v) is 6.94. The zero-order valence-corrected chi connectivity index (χ0v) is 14.6. The van der Waals surface area contributed by atoms with E-state index in [4.69, 9.17) is 4.74 Å². The van der Waals surface area contributed by atoms with Gasteiger partial charge in [-0.15, -0.1) is 0 Å². The summed E-state index contributed by atoms with van der Waals surface area (Å²) in [6, 6.07) is 14.4. The lowest BCUT2D eigenvalue weighted by Crippen LogP contribution is -2.40. The number of benzene rings is 2. The summed E-state index contributed by atoms with van der Waals surface area (Å²) in [6.07, 6.45) is 2.12. The number of methoxy groups -OCH3 is 1. The molecule has 2 unspecified atom stereocenters. The van der Waals surface area contributed by atoms with Gasteiger partial charge in [0, 0.05) is 6.04 Å². The molecule has 2 aliphatic rings. The molecule has 26 heavy (non-hydrogen) atoms. The Balaban J connectivity index is 1.88. The molecule has 0 bridgehead atoms. The van der Waals surface area contributed by atoms with Crippen LogP contribution in [0.3, 0.4) is 0 Å². The van der Waals surface area contributed by atoms with Gasteiger partial charge in [0.05, 0.1) is 19.6 Å². The van der Waals surface area contributed by atoms with E-state index in [1.54, 1.807) is 7.11 Å². The lowest BCUT2D eigenvalue weighted by Gasteiger charge is -2.34. The molecule has 5 nitrogen and oxygen atoms in total. The van der Waals surface area contributed by atoms with Crippen LogP contribution in [0.15, 0.2) is 48.5 Å². The van der Waals surface area contributed by atoms with Crippen LogP contribution in [0.5, 0.6) is 5.75 Å². The monoisotopic (exact) mass is 351 g/mol. The number of amides is 1. The van der Waals surface area contributed by atoms with Crippen LogP contribution in [0.2, 0.25) is 0 Å². The average Bonchev–Trinajstić information content (AvgIpc) is 3.47. The van der Waals surface area contributed by atoms with E-state index in [0.717, 1.165) is 29.5 Å². The van der Waals surface area contributed by atoms with Gasteiger partial charge in [-0.2, -0.15) is 0 Å². The number of rotatable bonds is 4. The van der Waals surface area contributed by atoms with Crippen molar-refractivity contribution in [2.24, 2.45) is 0 Å². The topological polar surface area (TPSA) is 66.8 Å². The first kappa shape index (κ1) is 16.6. The van der Waals surface area contributed by atoms with Gasteiger partial charge in [-0.05, 0) is 41.7 Å². The Kier molecular flexibility index (Phi) is 4.15. The first-order chi connectivity index (χ1) is 12.6. The summed E-state index contributed by atoms with van der Waals surface area (Å²) in [5, 5.41) is 10.1. The molecule has 1 heterocycles. The Morgan fingerprint density at radius 2 is 1.81 bits per heavy atom. The summed E-state index contributed by atoms with van der Waals surface area (Å²) in [4.78, 5) is 27.2. The normalized spacial score (nSPS) is 22.5. The third-order valence-electron chi connectivity index (χ3n) is 5.30. The van der Waals surface area contributed by atoms with E-state index >= 15 is 0 Å². The molecule has 0 aromatic heterocycles. The quantitative estimate of drug-likeness (QED) is 0.919. The molecule has 1 amide bonds. The van der Waals surface area contributed by atoms with Gasteiger partial charge in [-0.1, -0.05) is 36.4 Å². The smallest absolute Gasteiger partial charge is 0.313 e. The summed E-state index contributed by atoms with van der Waals surface area (Å²) < 4.78 is 5.22. The average molecular weight is 351 g/mol. The van der Waals surface area contributed by atoms with Crippen LogP contribution in [-0.2, 0) is 16.0 Å². The molecule has 1 fully saturated rings. The van der Waals surface area contributed by atoms with E-state index < -0.39 is 17.9 Å². The molecular formula is C21H21NO4. The zero-order chi connectivity index (χ0) is 18.3. The zero-order valence-electron chi connectivity index (χ0n) is 14.6. The van der Waals surface area contributed by atoms with Gasteiger partial charge >= 0.3 is 5.97 Å². The summed E-state index contributed by atoms with van der Waals surface area (Å²) in [5.74, 6) is -0.978. The largest absolute Gasteiger partial charge is 0.497 e. The van der Waals surface area contributed by atoms with Gasteiger partial charge in [0.25, 0.3) is 0 Å². The van der Waals surface area contributed by atoms with Crippen molar-refractivity contribution in [3.63, 3.8) is 0 Å². The molecule has 1 aliphatic heterocycles. The Hall–Kier alpha value is -2.82. The Bertz CT molecular complexity index is 841. The third-order valence-corrected chi connectivity index (χ3v) is 5.30. The van der Waals surface area contributed by atoms with E-state index in [-0.39, 0.29) is 18.4 Å². The summed E-state index contributed by atoms with van der Waals surface area (Å²) in [6.45, 7) is 0. The SMILES string of the molecule is COc1ccc(C2C(C(=O)O)c3ccccc3CC(=O)N2C2CC2)cc1. The maximum atomic E-state index is 13.0. The highest BCUT2D eigenvalue weighted by Gasteiger charge is 2.46. The van der Waals surface area contributed by atoms with Gasteiger partial charge in [-0.25, -0.2) is 0 Å². The lowest BCUT2D eigenvalue weighted by molar-refractivity contribution is -0.143. The summed E-state index contributed by atoms with van der Waals surface area (Å²) in [7, 11) is 1.59. The van der Waals surface area contributed by atoms with Crippen LogP contribution >= 0.6 is 0 Å². The number of hydrogen-bond donors (Lipinski definition) is 1. The number of hydrogen-bond acceptors (Lipinski definition) is 3. The van der Waals surface area contributed by atoms with Crippen LogP contribution in [0.25, 0.3) is 0 Å². The van der Waals surface area contributed by atoms with Crippen LogP contribution in [-0.4, -0.2) is 35.0 Å². The van der Waals surface area contributed by atoms with E-state index in [1.165, 1.54) is 0 Å². The van der Waals surface area contributed by atoms with E-state index in [1.807, 2.05) is 53.4 Å². The Labute approximate surface area is 152 Å². The highest BCUT2D eigenvalue weighted by Crippen LogP contribution is 2.45. The molecule has 2 atom stereocenters. The molecule has 2 aromatic rings. The fraction of sp³-hybridized carbons (Fsp3) is 0.333. The van der Waals surface area contributed by atoms with Crippen molar-refractivity contribution in [1.29, 1.82) is 0 Å². The number of carbonyl (C=O) groups excluding carboxylic acids is 1. The first-order valence-electron chi connectivity index (χ1n) is 8.86. The molecule has 1 aliphatic carbocycles. The number of fused-ring (bicyclic) bond motifs is 1.